The second-order valence-electron chi connectivity index (χ2n) is 8.11. The molecule has 5 nitrogen and oxygen atoms in total. The molecular weight excluding hydrogens is 358 g/mol. The quantitative estimate of drug-likeness (QED) is 0.863. The Morgan fingerprint density at radius 1 is 1.44 bits per heavy atom. The van der Waals surface area contributed by atoms with Crippen molar-refractivity contribution in [3.05, 3.63) is 46.3 Å². The van der Waals surface area contributed by atoms with E-state index >= 15 is 0 Å². The van der Waals surface area contributed by atoms with Crippen LogP contribution in [-0.4, -0.2) is 42.2 Å². The van der Waals surface area contributed by atoms with Crippen molar-refractivity contribution in [1.82, 2.24) is 10.3 Å². The molecule has 5 rings (SSSR count). The maximum Gasteiger partial charge on any atom is 0.225 e. The first-order valence-corrected chi connectivity index (χ1v) is 10.7. The topological polar surface area (TPSA) is 54.5 Å². The lowest BCUT2D eigenvalue weighted by Crippen LogP contribution is -2.42. The maximum atomic E-state index is 12.3. The Hall–Kier alpha value is -1.92. The summed E-state index contributed by atoms with van der Waals surface area (Å²) in [6.45, 7) is 4.73. The Labute approximate surface area is 163 Å². The lowest BCUT2D eigenvalue weighted by Gasteiger charge is -2.29. The molecule has 27 heavy (non-hydrogen) atoms. The second-order valence-corrected chi connectivity index (χ2v) is 9.15. The Kier molecular flexibility index (Phi) is 4.20. The molecule has 0 aromatic carbocycles. The first-order valence-electron chi connectivity index (χ1n) is 9.78. The smallest absolute Gasteiger partial charge is 0.225 e. The van der Waals surface area contributed by atoms with Gasteiger partial charge >= 0.3 is 0 Å². The summed E-state index contributed by atoms with van der Waals surface area (Å²) in [5.41, 5.74) is 1.17. The first kappa shape index (κ1) is 17.2. The second kappa shape index (κ2) is 6.60. The number of hydrogen-bond acceptors (Lipinski definition) is 5. The van der Waals surface area contributed by atoms with Crippen molar-refractivity contribution >= 4 is 23.1 Å². The number of nitrogens with one attached hydrogen (secondary N) is 1. The zero-order chi connectivity index (χ0) is 18.4. The highest BCUT2D eigenvalue weighted by Gasteiger charge is 2.63. The number of fused-ring (bicyclic) bond motifs is 1. The molecule has 0 radical (unpaired) electrons. The van der Waals surface area contributed by atoms with E-state index in [1.165, 1.54) is 5.56 Å². The summed E-state index contributed by atoms with van der Waals surface area (Å²) in [6.07, 6.45) is 4.88. The minimum Gasteiger partial charge on any atom is -0.369 e. The zero-order valence-electron chi connectivity index (χ0n) is 15.6. The van der Waals surface area contributed by atoms with Gasteiger partial charge in [0.2, 0.25) is 5.91 Å². The van der Waals surface area contributed by atoms with E-state index in [0.29, 0.717) is 24.4 Å². The van der Waals surface area contributed by atoms with Crippen molar-refractivity contribution in [2.75, 3.05) is 24.5 Å². The summed E-state index contributed by atoms with van der Waals surface area (Å²) in [7, 11) is 0. The van der Waals surface area contributed by atoms with Crippen molar-refractivity contribution in [2.45, 2.75) is 37.9 Å². The summed E-state index contributed by atoms with van der Waals surface area (Å²) in [4.78, 5) is 20.4. The molecule has 0 aliphatic carbocycles. The molecule has 1 N–H and O–H groups in total. The third-order valence-corrected chi connectivity index (χ3v) is 7.39. The van der Waals surface area contributed by atoms with Crippen LogP contribution in [-0.2, 0) is 16.0 Å². The molecule has 142 valence electrons. The number of carbonyl (C=O) groups is 1. The minimum atomic E-state index is -0.0439. The molecule has 5 heterocycles. The van der Waals surface area contributed by atoms with E-state index in [1.807, 2.05) is 29.8 Å². The number of pyridine rings is 1. The van der Waals surface area contributed by atoms with Crippen LogP contribution in [0, 0.1) is 18.8 Å². The number of anilines is 1. The predicted octanol–water partition coefficient (Wildman–Crippen LogP) is 2.79. The van der Waals surface area contributed by atoms with Crippen LogP contribution in [0.15, 0.2) is 35.8 Å². The molecule has 2 aromatic heterocycles. The van der Waals surface area contributed by atoms with Gasteiger partial charge in [0.15, 0.2) is 0 Å². The molecule has 3 aliphatic heterocycles. The fraction of sp³-hybridized carbons (Fsp3) is 0.524. The first-order chi connectivity index (χ1) is 13.1. The van der Waals surface area contributed by atoms with Gasteiger partial charge < -0.3 is 15.0 Å². The van der Waals surface area contributed by atoms with Crippen molar-refractivity contribution < 1.29 is 9.53 Å². The van der Waals surface area contributed by atoms with E-state index in [4.69, 9.17) is 4.74 Å². The molecule has 3 aliphatic rings. The van der Waals surface area contributed by atoms with Crippen LogP contribution in [0.5, 0.6) is 0 Å². The third kappa shape index (κ3) is 2.95. The molecule has 2 bridgehead atoms. The summed E-state index contributed by atoms with van der Waals surface area (Å²) in [5.74, 6) is 2.07. The molecule has 3 fully saturated rings. The number of thiophene rings is 1. The summed E-state index contributed by atoms with van der Waals surface area (Å²) in [6, 6.07) is 8.12. The fourth-order valence-corrected chi connectivity index (χ4v) is 6.00. The van der Waals surface area contributed by atoms with Gasteiger partial charge in [-0.25, -0.2) is 4.98 Å². The standard InChI is InChI=1S/C21H25N3O2S/c1-14-4-2-8-22-20(14)24-12-17-16(18-6-7-21(17,13-24)26-18)11-23-19(25)10-15-5-3-9-27-15/h2-5,8-9,16-18H,6-7,10-13H2,1H3,(H,23,25)/t16-,17+,18+,21+/m0/s1. The molecule has 2 aromatic rings. The van der Waals surface area contributed by atoms with E-state index in [2.05, 4.69) is 28.2 Å². The summed E-state index contributed by atoms with van der Waals surface area (Å²) >= 11 is 1.64. The van der Waals surface area contributed by atoms with Gasteiger partial charge in [0.25, 0.3) is 0 Å². The number of aromatic nitrogens is 1. The summed E-state index contributed by atoms with van der Waals surface area (Å²) < 4.78 is 6.51. The number of aryl methyl sites for hydroxylation is 1. The number of nitrogens with zero attached hydrogens (tertiary/aromatic N) is 2. The molecule has 3 saturated heterocycles. The fourth-order valence-electron chi connectivity index (χ4n) is 5.30. The zero-order valence-corrected chi connectivity index (χ0v) is 16.4. The van der Waals surface area contributed by atoms with Gasteiger partial charge in [0, 0.05) is 42.5 Å². The molecule has 4 atom stereocenters. The van der Waals surface area contributed by atoms with E-state index in [0.717, 1.165) is 43.2 Å². The minimum absolute atomic E-state index is 0.0439. The van der Waals surface area contributed by atoms with Crippen molar-refractivity contribution in [1.29, 1.82) is 0 Å². The van der Waals surface area contributed by atoms with Gasteiger partial charge in [-0.2, -0.15) is 0 Å². The highest BCUT2D eigenvalue weighted by molar-refractivity contribution is 7.10. The predicted molar refractivity (Wildman–Crippen MR) is 106 cm³/mol. The number of amides is 1. The van der Waals surface area contributed by atoms with Crippen LogP contribution >= 0.6 is 11.3 Å². The van der Waals surface area contributed by atoms with Crippen molar-refractivity contribution in [3.63, 3.8) is 0 Å². The maximum absolute atomic E-state index is 12.3. The third-order valence-electron chi connectivity index (χ3n) is 6.51. The average Bonchev–Trinajstić information content (AvgIpc) is 3.41. The molecule has 1 amide bonds. The van der Waals surface area contributed by atoms with Crippen LogP contribution in [0.25, 0.3) is 0 Å². The Bertz CT molecular complexity index is 840. The highest BCUT2D eigenvalue weighted by atomic mass is 32.1. The van der Waals surface area contributed by atoms with E-state index in [1.54, 1.807) is 11.3 Å². The van der Waals surface area contributed by atoms with Crippen molar-refractivity contribution in [2.24, 2.45) is 11.8 Å². The van der Waals surface area contributed by atoms with Crippen molar-refractivity contribution in [3.8, 4) is 0 Å². The van der Waals surface area contributed by atoms with E-state index in [-0.39, 0.29) is 11.5 Å². The SMILES string of the molecule is Cc1cccnc1N1C[C@@H]2[C@H](CNC(=O)Cc3cccs3)[C@H]3CC[C@]2(C1)O3. The van der Waals surface area contributed by atoms with Gasteiger partial charge in [0.05, 0.1) is 18.1 Å². The van der Waals surface area contributed by atoms with E-state index in [9.17, 15) is 4.79 Å². The van der Waals surface area contributed by atoms with Gasteiger partial charge in [0.1, 0.15) is 5.82 Å². The van der Waals surface area contributed by atoms with Gasteiger partial charge in [-0.15, -0.1) is 11.3 Å². The Morgan fingerprint density at radius 3 is 3.19 bits per heavy atom. The molecule has 0 saturated carbocycles. The Morgan fingerprint density at radius 2 is 2.37 bits per heavy atom. The lowest BCUT2D eigenvalue weighted by atomic mass is 9.73. The number of hydrogen-bond donors (Lipinski definition) is 1. The van der Waals surface area contributed by atoms with Gasteiger partial charge in [-0.3, -0.25) is 4.79 Å². The van der Waals surface area contributed by atoms with Crippen LogP contribution < -0.4 is 10.2 Å². The van der Waals surface area contributed by atoms with E-state index < -0.39 is 0 Å². The molecule has 6 heteroatoms. The normalized spacial score (nSPS) is 31.3. The monoisotopic (exact) mass is 383 g/mol. The average molecular weight is 384 g/mol. The van der Waals surface area contributed by atoms with Crippen LogP contribution in [0.3, 0.4) is 0 Å². The van der Waals surface area contributed by atoms with Gasteiger partial charge in [-0.05, 0) is 42.8 Å². The van der Waals surface area contributed by atoms with Crippen LogP contribution in [0.4, 0.5) is 5.82 Å². The number of rotatable bonds is 5. The summed E-state index contributed by atoms with van der Waals surface area (Å²) in [5, 5.41) is 5.19. The molecule has 1 spiro atoms. The van der Waals surface area contributed by atoms with Crippen LogP contribution in [0.1, 0.15) is 23.3 Å². The number of carbonyl (C=O) groups excluding carboxylic acids is 1. The highest BCUT2D eigenvalue weighted by Crippen LogP contribution is 2.55. The molecule has 0 unspecified atom stereocenters. The lowest BCUT2D eigenvalue weighted by molar-refractivity contribution is -0.120. The Balaban J connectivity index is 1.27. The number of ether oxygens (including phenoxy) is 1. The van der Waals surface area contributed by atoms with Crippen LogP contribution in [0.2, 0.25) is 0 Å². The molecular formula is C21H25N3O2S. The largest absolute Gasteiger partial charge is 0.369 e. The van der Waals surface area contributed by atoms with Gasteiger partial charge in [-0.1, -0.05) is 12.1 Å².